The van der Waals surface area contributed by atoms with Gasteiger partial charge >= 0.3 is 0 Å². The molecule has 0 saturated heterocycles. The predicted molar refractivity (Wildman–Crippen MR) is 69.6 cm³/mol. The Balaban J connectivity index is 2.20. The predicted octanol–water partition coefficient (Wildman–Crippen LogP) is 3.36. The molecule has 0 saturated carbocycles. The van der Waals surface area contributed by atoms with Crippen molar-refractivity contribution in [3.8, 4) is 17.8 Å². The average Bonchev–Trinajstić information content (AvgIpc) is 2.36. The van der Waals surface area contributed by atoms with Gasteiger partial charge in [-0.05, 0) is 30.9 Å². The third-order valence-electron chi connectivity index (χ3n) is 2.47. The lowest BCUT2D eigenvalue weighted by Gasteiger charge is -2.02. The molecule has 0 amide bonds. The van der Waals surface area contributed by atoms with Gasteiger partial charge in [0.05, 0.1) is 0 Å². The first-order valence-electron chi connectivity index (χ1n) is 6.23. The Morgan fingerprint density at radius 1 is 1.18 bits per heavy atom. The number of unbranched alkanes of at least 4 members (excludes halogenated alkanes) is 3. The topological polar surface area (TPSA) is 29.5 Å². The Labute approximate surface area is 104 Å². The monoisotopic (exact) mass is 232 g/mol. The first-order chi connectivity index (χ1) is 8.33. The van der Waals surface area contributed by atoms with E-state index in [1.54, 1.807) is 0 Å². The number of benzene rings is 1. The lowest BCUT2D eigenvalue weighted by Crippen LogP contribution is -2.02. The van der Waals surface area contributed by atoms with Crippen LogP contribution in [0.3, 0.4) is 0 Å². The summed E-state index contributed by atoms with van der Waals surface area (Å²) in [5, 5.41) is 9.57. The van der Waals surface area contributed by atoms with E-state index >= 15 is 0 Å². The van der Waals surface area contributed by atoms with Crippen LogP contribution in [-0.4, -0.2) is 11.2 Å². The van der Waals surface area contributed by atoms with Gasteiger partial charge in [-0.3, -0.25) is 0 Å². The second kappa shape index (κ2) is 8.66. The van der Waals surface area contributed by atoms with E-state index in [4.69, 9.17) is 4.74 Å². The van der Waals surface area contributed by atoms with Crippen LogP contribution < -0.4 is 4.74 Å². The number of hydrogen-bond acceptors (Lipinski definition) is 2. The van der Waals surface area contributed by atoms with Gasteiger partial charge in [0.25, 0.3) is 0 Å². The molecule has 0 aliphatic rings. The van der Waals surface area contributed by atoms with E-state index < -0.39 is 6.10 Å². The van der Waals surface area contributed by atoms with Crippen molar-refractivity contribution in [2.24, 2.45) is 0 Å². The number of para-hydroxylation sites is 1. The summed E-state index contributed by atoms with van der Waals surface area (Å²) in [6.07, 6.45) is 7.31. The van der Waals surface area contributed by atoms with Crippen molar-refractivity contribution in [2.75, 3.05) is 0 Å². The molecule has 0 radical (unpaired) electrons. The lowest BCUT2D eigenvalue weighted by molar-refractivity contribution is 0.216. The van der Waals surface area contributed by atoms with Gasteiger partial charge in [-0.1, -0.05) is 44.4 Å². The standard InChI is InChI=1S/C15H20O2/c1-2-3-4-6-9-14(16)12-13-17-15-10-7-5-8-11-15/h5,7-8,10-11,14,16H,2-4,6,9H2,1H3. The molecule has 0 aliphatic heterocycles. The van der Waals surface area contributed by atoms with Crippen molar-refractivity contribution in [3.63, 3.8) is 0 Å². The van der Waals surface area contributed by atoms with Crippen molar-refractivity contribution in [2.45, 2.75) is 45.1 Å². The summed E-state index contributed by atoms with van der Waals surface area (Å²) in [6, 6.07) is 9.36. The Morgan fingerprint density at radius 3 is 2.65 bits per heavy atom. The number of aliphatic hydroxyl groups is 1. The fourth-order valence-corrected chi connectivity index (χ4v) is 1.48. The molecule has 92 valence electrons. The minimum absolute atomic E-state index is 0.574. The molecule has 0 fully saturated rings. The maximum absolute atomic E-state index is 9.57. The van der Waals surface area contributed by atoms with E-state index in [0.29, 0.717) is 5.75 Å². The molecule has 0 spiro atoms. The van der Waals surface area contributed by atoms with Crippen molar-refractivity contribution < 1.29 is 9.84 Å². The minimum Gasteiger partial charge on any atom is -0.407 e. The normalized spacial score (nSPS) is 11.4. The molecular formula is C15H20O2. The largest absolute Gasteiger partial charge is 0.407 e. The van der Waals surface area contributed by atoms with Crippen molar-refractivity contribution in [3.05, 3.63) is 30.3 Å². The highest BCUT2D eigenvalue weighted by molar-refractivity contribution is 5.23. The molecule has 1 rings (SSSR count). The number of ether oxygens (including phenoxy) is 1. The molecule has 0 aliphatic carbocycles. The Kier molecular flexibility index (Phi) is 6.93. The van der Waals surface area contributed by atoms with Gasteiger partial charge in [0.2, 0.25) is 0 Å². The SMILES string of the molecule is CCCCCCC(O)C#COc1ccccc1. The van der Waals surface area contributed by atoms with Crippen LogP contribution in [0.5, 0.6) is 5.75 Å². The highest BCUT2D eigenvalue weighted by Gasteiger charge is 1.98. The van der Waals surface area contributed by atoms with Crippen LogP contribution in [0.4, 0.5) is 0 Å². The minimum atomic E-state index is -0.574. The van der Waals surface area contributed by atoms with E-state index in [2.05, 4.69) is 19.0 Å². The van der Waals surface area contributed by atoms with E-state index in [9.17, 15) is 5.11 Å². The maximum atomic E-state index is 9.57. The van der Waals surface area contributed by atoms with Crippen molar-refractivity contribution in [1.29, 1.82) is 0 Å². The molecule has 2 nitrogen and oxygen atoms in total. The van der Waals surface area contributed by atoms with E-state index in [-0.39, 0.29) is 0 Å². The molecular weight excluding hydrogens is 212 g/mol. The molecule has 1 N–H and O–H groups in total. The molecule has 1 aromatic rings. The van der Waals surface area contributed by atoms with Gasteiger partial charge in [-0.15, -0.1) is 0 Å². The van der Waals surface area contributed by atoms with E-state index in [1.807, 2.05) is 30.3 Å². The van der Waals surface area contributed by atoms with Gasteiger partial charge < -0.3 is 9.84 Å². The Bertz CT molecular complexity index is 348. The van der Waals surface area contributed by atoms with E-state index in [0.717, 1.165) is 19.3 Å². The van der Waals surface area contributed by atoms with Crippen molar-refractivity contribution in [1.82, 2.24) is 0 Å². The fourth-order valence-electron chi connectivity index (χ4n) is 1.48. The van der Waals surface area contributed by atoms with Crippen LogP contribution >= 0.6 is 0 Å². The third-order valence-corrected chi connectivity index (χ3v) is 2.47. The Morgan fingerprint density at radius 2 is 1.94 bits per heavy atom. The number of rotatable bonds is 6. The Hall–Kier alpha value is -1.46. The first-order valence-corrected chi connectivity index (χ1v) is 6.23. The second-order valence-corrected chi connectivity index (χ2v) is 4.03. The molecule has 0 bridgehead atoms. The summed E-state index contributed by atoms with van der Waals surface area (Å²) >= 11 is 0. The zero-order valence-electron chi connectivity index (χ0n) is 10.4. The van der Waals surface area contributed by atoms with Crippen molar-refractivity contribution >= 4 is 0 Å². The lowest BCUT2D eigenvalue weighted by atomic mass is 10.1. The molecule has 2 heteroatoms. The zero-order chi connectivity index (χ0) is 12.3. The molecule has 1 unspecified atom stereocenters. The van der Waals surface area contributed by atoms with Crippen LogP contribution in [0.2, 0.25) is 0 Å². The van der Waals surface area contributed by atoms with Gasteiger partial charge in [-0.25, -0.2) is 0 Å². The zero-order valence-corrected chi connectivity index (χ0v) is 10.4. The molecule has 0 heterocycles. The summed E-state index contributed by atoms with van der Waals surface area (Å²) in [7, 11) is 0. The average molecular weight is 232 g/mol. The highest BCUT2D eigenvalue weighted by Crippen LogP contribution is 2.08. The second-order valence-electron chi connectivity index (χ2n) is 4.03. The third kappa shape index (κ3) is 6.65. The quantitative estimate of drug-likeness (QED) is 0.602. The van der Waals surface area contributed by atoms with Crippen LogP contribution in [-0.2, 0) is 0 Å². The van der Waals surface area contributed by atoms with Gasteiger partial charge in [0.1, 0.15) is 18.0 Å². The summed E-state index contributed by atoms with van der Waals surface area (Å²) in [5.74, 6) is 3.40. The van der Waals surface area contributed by atoms with Gasteiger partial charge in [-0.2, -0.15) is 0 Å². The summed E-state index contributed by atoms with van der Waals surface area (Å²) in [5.41, 5.74) is 0. The molecule has 1 aromatic carbocycles. The van der Waals surface area contributed by atoms with Gasteiger partial charge in [0, 0.05) is 0 Å². The van der Waals surface area contributed by atoms with E-state index in [1.165, 1.54) is 12.8 Å². The van der Waals surface area contributed by atoms with Crippen LogP contribution in [0.25, 0.3) is 0 Å². The fraction of sp³-hybridized carbons (Fsp3) is 0.467. The molecule has 0 aromatic heterocycles. The summed E-state index contributed by atoms with van der Waals surface area (Å²) < 4.78 is 5.18. The number of aliphatic hydroxyl groups excluding tert-OH is 1. The van der Waals surface area contributed by atoms with Crippen LogP contribution in [0.1, 0.15) is 39.0 Å². The van der Waals surface area contributed by atoms with Gasteiger partial charge in [0.15, 0.2) is 0 Å². The smallest absolute Gasteiger partial charge is 0.140 e. The summed E-state index contributed by atoms with van der Waals surface area (Å²) in [6.45, 7) is 2.17. The first kappa shape index (κ1) is 13.6. The highest BCUT2D eigenvalue weighted by atomic mass is 16.5. The summed E-state index contributed by atoms with van der Waals surface area (Å²) in [4.78, 5) is 0. The van der Waals surface area contributed by atoms with Crippen LogP contribution in [0, 0.1) is 12.0 Å². The molecule has 17 heavy (non-hydrogen) atoms. The molecule has 1 atom stereocenters. The maximum Gasteiger partial charge on any atom is 0.140 e. The van der Waals surface area contributed by atoms with Crippen LogP contribution in [0.15, 0.2) is 30.3 Å². The number of hydrogen-bond donors (Lipinski definition) is 1.